The smallest absolute Gasteiger partial charge is 0.352 e. The Morgan fingerprint density at radius 2 is 2.00 bits per heavy atom. The number of aryl methyl sites for hydroxylation is 1. The number of ether oxygens (including phenoxy) is 2. The molecule has 1 aromatic heterocycles. The molecule has 5 nitrogen and oxygen atoms in total. The number of carboxylic acids is 1. The van der Waals surface area contributed by atoms with Gasteiger partial charge in [0.2, 0.25) is 0 Å². The Balaban J connectivity index is 2.82. The van der Waals surface area contributed by atoms with Gasteiger partial charge in [0, 0.05) is 5.39 Å². The molecule has 0 fully saturated rings. The number of carboxylic acid groups (broad SMARTS) is 1. The van der Waals surface area contributed by atoms with Gasteiger partial charge in [-0.15, -0.1) is 0 Å². The minimum absolute atomic E-state index is 0.113. The number of aromatic carboxylic acids is 1. The Hall–Kier alpha value is -2.17. The maximum Gasteiger partial charge on any atom is 0.352 e. The van der Waals surface area contributed by atoms with Crippen LogP contribution < -0.4 is 9.47 Å². The van der Waals surface area contributed by atoms with Gasteiger partial charge >= 0.3 is 5.97 Å². The molecule has 5 heteroatoms. The van der Waals surface area contributed by atoms with E-state index in [1.54, 1.807) is 20.3 Å². The van der Waals surface area contributed by atoms with Crippen molar-refractivity contribution < 1.29 is 19.4 Å². The summed E-state index contributed by atoms with van der Waals surface area (Å²) in [4.78, 5) is 13.8. The quantitative estimate of drug-likeness (QED) is 0.855. The number of methoxy groups -OCH3 is 2. The number of hydrogen-bond acceptors (Lipinski definition) is 3. The van der Waals surface area contributed by atoms with E-state index in [0.717, 1.165) is 5.56 Å². The summed E-state index contributed by atoms with van der Waals surface area (Å²) in [7, 11) is 3.10. The van der Waals surface area contributed by atoms with E-state index >= 15 is 0 Å². The zero-order chi connectivity index (χ0) is 12.6. The summed E-state index contributed by atoms with van der Waals surface area (Å²) in [5.74, 6) is 0.248. The van der Waals surface area contributed by atoms with E-state index < -0.39 is 5.97 Å². The fraction of sp³-hybridized carbons (Fsp3) is 0.250. The number of H-pyrrole nitrogens is 1. The molecular weight excluding hydrogens is 222 g/mol. The molecule has 0 atom stereocenters. The summed E-state index contributed by atoms with van der Waals surface area (Å²) in [5, 5.41) is 9.67. The molecule has 90 valence electrons. The number of aromatic amines is 1. The molecule has 0 bridgehead atoms. The second kappa shape index (κ2) is 4.01. The van der Waals surface area contributed by atoms with Crippen molar-refractivity contribution in [1.82, 2.24) is 4.98 Å². The Bertz CT molecular complexity index is 586. The van der Waals surface area contributed by atoms with Crippen molar-refractivity contribution in [3.8, 4) is 11.5 Å². The van der Waals surface area contributed by atoms with Gasteiger partial charge in [-0.2, -0.15) is 0 Å². The number of fused-ring (bicyclic) bond motifs is 1. The van der Waals surface area contributed by atoms with E-state index in [9.17, 15) is 4.79 Å². The van der Waals surface area contributed by atoms with Gasteiger partial charge in [-0.3, -0.25) is 0 Å². The minimum atomic E-state index is -1.01. The third-order valence-corrected chi connectivity index (χ3v) is 2.67. The van der Waals surface area contributed by atoms with Gasteiger partial charge in [0.25, 0.3) is 0 Å². The van der Waals surface area contributed by atoms with Crippen LogP contribution in [0.1, 0.15) is 16.1 Å². The van der Waals surface area contributed by atoms with E-state index in [0.29, 0.717) is 22.4 Å². The second-order valence-electron chi connectivity index (χ2n) is 3.71. The zero-order valence-electron chi connectivity index (χ0n) is 9.83. The lowest BCUT2D eigenvalue weighted by atomic mass is 10.1. The summed E-state index contributed by atoms with van der Waals surface area (Å²) in [6.45, 7) is 1.88. The summed E-state index contributed by atoms with van der Waals surface area (Å²) >= 11 is 0. The standard InChI is InChI=1S/C12H13NO4/c1-6-4-9(16-2)7-5-8(12(14)15)13-10(7)11(6)17-3/h4-5,13H,1-3H3,(H,14,15). The molecule has 2 N–H and O–H groups in total. The predicted molar refractivity (Wildman–Crippen MR) is 63.1 cm³/mol. The van der Waals surface area contributed by atoms with Crippen molar-refractivity contribution in [1.29, 1.82) is 0 Å². The van der Waals surface area contributed by atoms with Crippen molar-refractivity contribution in [3.63, 3.8) is 0 Å². The third-order valence-electron chi connectivity index (χ3n) is 2.67. The lowest BCUT2D eigenvalue weighted by molar-refractivity contribution is 0.0691. The van der Waals surface area contributed by atoms with Gasteiger partial charge in [-0.1, -0.05) is 0 Å². The van der Waals surface area contributed by atoms with Crippen LogP contribution in [-0.4, -0.2) is 30.3 Å². The largest absolute Gasteiger partial charge is 0.496 e. The molecule has 0 amide bonds. The first-order chi connectivity index (χ1) is 8.08. The lowest BCUT2D eigenvalue weighted by Gasteiger charge is -2.09. The van der Waals surface area contributed by atoms with Gasteiger partial charge < -0.3 is 19.6 Å². The van der Waals surface area contributed by atoms with Crippen LogP contribution in [0.25, 0.3) is 10.9 Å². The summed E-state index contributed by atoms with van der Waals surface area (Å²) in [5.41, 5.74) is 1.64. The highest BCUT2D eigenvalue weighted by molar-refractivity contribution is 5.99. The van der Waals surface area contributed by atoms with Crippen molar-refractivity contribution in [3.05, 3.63) is 23.4 Å². The zero-order valence-corrected chi connectivity index (χ0v) is 9.83. The second-order valence-corrected chi connectivity index (χ2v) is 3.71. The van der Waals surface area contributed by atoms with E-state index in [1.807, 2.05) is 13.0 Å². The maximum absolute atomic E-state index is 10.9. The SMILES string of the molecule is COc1cc(C)c(OC)c2[nH]c(C(=O)O)cc12. The van der Waals surface area contributed by atoms with Gasteiger partial charge in [-0.25, -0.2) is 4.79 Å². The first-order valence-electron chi connectivity index (χ1n) is 5.06. The molecule has 2 aromatic rings. The Kier molecular flexibility index (Phi) is 2.67. The molecule has 0 saturated heterocycles. The number of benzene rings is 1. The fourth-order valence-corrected chi connectivity index (χ4v) is 1.91. The van der Waals surface area contributed by atoms with Crippen molar-refractivity contribution in [2.75, 3.05) is 14.2 Å². The van der Waals surface area contributed by atoms with E-state index in [2.05, 4.69) is 4.98 Å². The molecule has 0 radical (unpaired) electrons. The van der Waals surface area contributed by atoms with Crippen LogP contribution in [0.5, 0.6) is 11.5 Å². The van der Waals surface area contributed by atoms with Crippen LogP contribution in [0, 0.1) is 6.92 Å². The number of nitrogens with one attached hydrogen (secondary N) is 1. The van der Waals surface area contributed by atoms with Crippen molar-refractivity contribution >= 4 is 16.9 Å². The maximum atomic E-state index is 10.9. The van der Waals surface area contributed by atoms with Crippen LogP contribution in [0.15, 0.2) is 12.1 Å². The van der Waals surface area contributed by atoms with E-state index in [-0.39, 0.29) is 5.69 Å². The molecule has 0 aliphatic rings. The van der Waals surface area contributed by atoms with Crippen LogP contribution in [0.3, 0.4) is 0 Å². The van der Waals surface area contributed by atoms with E-state index in [4.69, 9.17) is 14.6 Å². The normalized spacial score (nSPS) is 10.5. The van der Waals surface area contributed by atoms with Crippen molar-refractivity contribution in [2.45, 2.75) is 6.92 Å². The Morgan fingerprint density at radius 1 is 1.29 bits per heavy atom. The van der Waals surface area contributed by atoms with Crippen LogP contribution in [0.2, 0.25) is 0 Å². The van der Waals surface area contributed by atoms with Crippen LogP contribution in [-0.2, 0) is 0 Å². The van der Waals surface area contributed by atoms with Gasteiger partial charge in [-0.05, 0) is 24.6 Å². The monoisotopic (exact) mass is 235 g/mol. The number of aromatic nitrogens is 1. The van der Waals surface area contributed by atoms with E-state index in [1.165, 1.54) is 0 Å². The average molecular weight is 235 g/mol. The molecule has 2 rings (SSSR count). The molecule has 0 unspecified atom stereocenters. The first-order valence-corrected chi connectivity index (χ1v) is 5.06. The minimum Gasteiger partial charge on any atom is -0.496 e. The highest BCUT2D eigenvalue weighted by atomic mass is 16.5. The third kappa shape index (κ3) is 1.69. The molecule has 0 spiro atoms. The predicted octanol–water partition coefficient (Wildman–Crippen LogP) is 2.19. The van der Waals surface area contributed by atoms with Gasteiger partial charge in [0.1, 0.15) is 17.2 Å². The Morgan fingerprint density at radius 3 is 2.53 bits per heavy atom. The van der Waals surface area contributed by atoms with Gasteiger partial charge in [0.15, 0.2) is 0 Å². The number of rotatable bonds is 3. The first kappa shape index (κ1) is 11.3. The summed E-state index contributed by atoms with van der Waals surface area (Å²) < 4.78 is 10.5. The number of hydrogen-bond donors (Lipinski definition) is 2. The van der Waals surface area contributed by atoms with Gasteiger partial charge in [0.05, 0.1) is 19.7 Å². The highest BCUT2D eigenvalue weighted by Crippen LogP contribution is 2.36. The molecular formula is C12H13NO4. The summed E-state index contributed by atoms with van der Waals surface area (Å²) in [6, 6.07) is 3.36. The number of carbonyl (C=O) groups is 1. The van der Waals surface area contributed by atoms with Crippen molar-refractivity contribution in [2.24, 2.45) is 0 Å². The fourth-order valence-electron chi connectivity index (χ4n) is 1.91. The van der Waals surface area contributed by atoms with Crippen LogP contribution >= 0.6 is 0 Å². The molecule has 0 saturated carbocycles. The lowest BCUT2D eigenvalue weighted by Crippen LogP contribution is -1.95. The average Bonchev–Trinajstić information content (AvgIpc) is 2.72. The molecule has 0 aliphatic carbocycles. The highest BCUT2D eigenvalue weighted by Gasteiger charge is 2.16. The topological polar surface area (TPSA) is 71.5 Å². The summed E-state index contributed by atoms with van der Waals surface area (Å²) in [6.07, 6.45) is 0. The van der Waals surface area contributed by atoms with Crippen LogP contribution in [0.4, 0.5) is 0 Å². The molecule has 17 heavy (non-hydrogen) atoms. The molecule has 0 aliphatic heterocycles. The molecule has 1 aromatic carbocycles. The molecule has 1 heterocycles. The Labute approximate surface area is 98.0 Å².